The van der Waals surface area contributed by atoms with Crippen LogP contribution in [0.1, 0.15) is 54.9 Å². The van der Waals surface area contributed by atoms with Crippen molar-refractivity contribution in [3.63, 3.8) is 0 Å². The topological polar surface area (TPSA) is 45.4 Å². The Morgan fingerprint density at radius 3 is 2.93 bits per heavy atom. The zero-order chi connectivity index (χ0) is 18.3. The maximum absolute atomic E-state index is 5.52. The largest absolute Gasteiger partial charge is 0.468 e. The molecule has 1 unspecified atom stereocenters. The molecule has 2 aliphatic heterocycles. The number of furan rings is 1. The van der Waals surface area contributed by atoms with E-state index >= 15 is 0 Å². The van der Waals surface area contributed by atoms with E-state index in [-0.39, 0.29) is 5.41 Å². The predicted octanol–water partition coefficient (Wildman–Crippen LogP) is 3.32. The molecule has 2 aromatic rings. The molecular formula is C22H30N4O. The monoisotopic (exact) mass is 366 g/mol. The summed E-state index contributed by atoms with van der Waals surface area (Å²) in [4.78, 5) is 14.7. The summed E-state index contributed by atoms with van der Waals surface area (Å²) < 4.78 is 5.52. The molecule has 1 aliphatic carbocycles. The number of hydrogen-bond acceptors (Lipinski definition) is 5. The molecule has 2 saturated heterocycles. The Labute approximate surface area is 161 Å². The number of nitrogens with zero attached hydrogens (tertiary/aromatic N) is 4. The highest BCUT2D eigenvalue weighted by Gasteiger charge is 2.45. The Hall–Kier alpha value is -1.72. The molecule has 1 atom stereocenters. The van der Waals surface area contributed by atoms with Crippen LogP contribution in [-0.4, -0.2) is 52.0 Å². The van der Waals surface area contributed by atoms with Gasteiger partial charge in [-0.25, -0.2) is 9.97 Å². The Morgan fingerprint density at radius 2 is 2.11 bits per heavy atom. The summed E-state index contributed by atoms with van der Waals surface area (Å²) in [6, 6.07) is 4.80. The minimum absolute atomic E-state index is 0.284. The summed E-state index contributed by atoms with van der Waals surface area (Å²) in [6.07, 6.45) is 11.4. The fourth-order valence-corrected chi connectivity index (χ4v) is 5.57. The number of fused-ring (bicyclic) bond motifs is 2. The molecule has 0 bridgehead atoms. The summed E-state index contributed by atoms with van der Waals surface area (Å²) in [5.74, 6) is 2.02. The Kier molecular flexibility index (Phi) is 4.52. The molecule has 0 amide bonds. The maximum Gasteiger partial charge on any atom is 0.125 e. The SMILES string of the molecule is Cc1ncc2c(n1)C1(CCCN(C3CCN(Cc4ccco4)CC3)C1)CC2. The average molecular weight is 367 g/mol. The highest BCUT2D eigenvalue weighted by Crippen LogP contribution is 2.44. The van der Waals surface area contributed by atoms with Crippen molar-refractivity contribution in [2.24, 2.45) is 0 Å². The average Bonchev–Trinajstić information content (AvgIpc) is 3.32. The van der Waals surface area contributed by atoms with E-state index in [1.807, 2.05) is 13.0 Å². The van der Waals surface area contributed by atoms with Gasteiger partial charge in [-0.2, -0.15) is 0 Å². The van der Waals surface area contributed by atoms with Gasteiger partial charge in [-0.05, 0) is 69.7 Å². The maximum atomic E-state index is 5.52. The molecular weight excluding hydrogens is 336 g/mol. The molecule has 5 rings (SSSR count). The fraction of sp³-hybridized carbons (Fsp3) is 0.636. The van der Waals surface area contributed by atoms with E-state index in [1.54, 1.807) is 6.26 Å². The molecule has 0 N–H and O–H groups in total. The van der Waals surface area contributed by atoms with Crippen molar-refractivity contribution in [3.8, 4) is 0 Å². The van der Waals surface area contributed by atoms with E-state index in [0.29, 0.717) is 0 Å². The number of aromatic nitrogens is 2. The quantitative estimate of drug-likeness (QED) is 0.834. The second-order valence-electron chi connectivity index (χ2n) is 8.73. The number of likely N-dealkylation sites (tertiary alicyclic amines) is 2. The number of aryl methyl sites for hydroxylation is 2. The second-order valence-corrected chi connectivity index (χ2v) is 8.73. The summed E-state index contributed by atoms with van der Waals surface area (Å²) >= 11 is 0. The van der Waals surface area contributed by atoms with Gasteiger partial charge >= 0.3 is 0 Å². The van der Waals surface area contributed by atoms with Gasteiger partial charge in [0.15, 0.2) is 0 Å². The zero-order valence-electron chi connectivity index (χ0n) is 16.4. The van der Waals surface area contributed by atoms with Crippen LogP contribution in [0.2, 0.25) is 0 Å². The lowest BCUT2D eigenvalue weighted by Gasteiger charge is -2.46. The molecule has 2 aromatic heterocycles. The molecule has 144 valence electrons. The summed E-state index contributed by atoms with van der Waals surface area (Å²) in [7, 11) is 0. The van der Waals surface area contributed by atoms with Gasteiger partial charge in [-0.1, -0.05) is 0 Å². The Balaban J connectivity index is 1.25. The first-order valence-electron chi connectivity index (χ1n) is 10.5. The lowest BCUT2D eigenvalue weighted by Crippen LogP contribution is -2.52. The van der Waals surface area contributed by atoms with Gasteiger partial charge in [-0.15, -0.1) is 0 Å². The molecule has 27 heavy (non-hydrogen) atoms. The smallest absolute Gasteiger partial charge is 0.125 e. The van der Waals surface area contributed by atoms with Crippen LogP contribution >= 0.6 is 0 Å². The second kappa shape index (κ2) is 7.02. The molecule has 5 nitrogen and oxygen atoms in total. The molecule has 0 radical (unpaired) electrons. The lowest BCUT2D eigenvalue weighted by atomic mass is 9.76. The van der Waals surface area contributed by atoms with E-state index in [0.717, 1.165) is 30.6 Å². The van der Waals surface area contributed by atoms with Gasteiger partial charge in [-0.3, -0.25) is 9.80 Å². The van der Waals surface area contributed by atoms with Crippen LogP contribution in [0.25, 0.3) is 0 Å². The summed E-state index contributed by atoms with van der Waals surface area (Å²) in [5.41, 5.74) is 3.05. The summed E-state index contributed by atoms with van der Waals surface area (Å²) in [6.45, 7) is 7.78. The number of rotatable bonds is 3. The van der Waals surface area contributed by atoms with E-state index in [2.05, 4.69) is 27.0 Å². The van der Waals surface area contributed by atoms with Crippen LogP contribution in [0.5, 0.6) is 0 Å². The van der Waals surface area contributed by atoms with E-state index < -0.39 is 0 Å². The molecule has 0 aromatic carbocycles. The van der Waals surface area contributed by atoms with Crippen molar-refractivity contribution < 1.29 is 4.42 Å². The molecule has 0 saturated carbocycles. The molecule has 5 heteroatoms. The zero-order valence-corrected chi connectivity index (χ0v) is 16.4. The minimum Gasteiger partial charge on any atom is -0.468 e. The third kappa shape index (κ3) is 3.32. The van der Waals surface area contributed by atoms with Crippen molar-refractivity contribution in [3.05, 3.63) is 47.4 Å². The van der Waals surface area contributed by atoms with Gasteiger partial charge in [0.25, 0.3) is 0 Å². The van der Waals surface area contributed by atoms with Gasteiger partial charge in [0.2, 0.25) is 0 Å². The van der Waals surface area contributed by atoms with Crippen molar-refractivity contribution in [2.45, 2.75) is 63.5 Å². The highest BCUT2D eigenvalue weighted by atomic mass is 16.3. The van der Waals surface area contributed by atoms with Gasteiger partial charge < -0.3 is 4.42 Å². The molecule has 4 heterocycles. The van der Waals surface area contributed by atoms with Crippen molar-refractivity contribution in [1.82, 2.24) is 19.8 Å². The van der Waals surface area contributed by atoms with E-state index in [1.165, 1.54) is 69.5 Å². The standard InChI is InChI=1S/C22H30N4O/c1-17-23-14-18-5-9-22(21(18)24-17)8-3-10-26(16-22)19-6-11-25(12-7-19)15-20-4-2-13-27-20/h2,4,13-14,19H,3,5-12,15-16H2,1H3. The third-order valence-corrected chi connectivity index (χ3v) is 7.00. The minimum atomic E-state index is 0.284. The van der Waals surface area contributed by atoms with Gasteiger partial charge in [0, 0.05) is 37.3 Å². The van der Waals surface area contributed by atoms with Crippen LogP contribution in [0, 0.1) is 6.92 Å². The first-order valence-corrected chi connectivity index (χ1v) is 10.5. The van der Waals surface area contributed by atoms with Gasteiger partial charge in [0.1, 0.15) is 11.6 Å². The van der Waals surface area contributed by atoms with Crippen molar-refractivity contribution >= 4 is 0 Å². The Morgan fingerprint density at radius 1 is 1.22 bits per heavy atom. The van der Waals surface area contributed by atoms with Crippen LogP contribution in [0.4, 0.5) is 0 Å². The van der Waals surface area contributed by atoms with Crippen LogP contribution in [0.15, 0.2) is 29.0 Å². The van der Waals surface area contributed by atoms with E-state index in [4.69, 9.17) is 9.40 Å². The van der Waals surface area contributed by atoms with E-state index in [9.17, 15) is 0 Å². The fourth-order valence-electron chi connectivity index (χ4n) is 5.57. The number of hydrogen-bond donors (Lipinski definition) is 0. The van der Waals surface area contributed by atoms with Crippen LogP contribution in [0.3, 0.4) is 0 Å². The predicted molar refractivity (Wildman–Crippen MR) is 105 cm³/mol. The summed E-state index contributed by atoms with van der Waals surface area (Å²) in [5, 5.41) is 0. The lowest BCUT2D eigenvalue weighted by molar-refractivity contribution is 0.0544. The first-order chi connectivity index (χ1) is 13.2. The van der Waals surface area contributed by atoms with Crippen LogP contribution < -0.4 is 0 Å². The third-order valence-electron chi connectivity index (χ3n) is 7.00. The van der Waals surface area contributed by atoms with Crippen molar-refractivity contribution in [2.75, 3.05) is 26.2 Å². The van der Waals surface area contributed by atoms with Crippen LogP contribution in [-0.2, 0) is 18.4 Å². The van der Waals surface area contributed by atoms with Crippen molar-refractivity contribution in [1.29, 1.82) is 0 Å². The molecule has 1 spiro atoms. The highest BCUT2D eigenvalue weighted by molar-refractivity contribution is 5.33. The molecule has 2 fully saturated rings. The first kappa shape index (κ1) is 17.4. The Bertz CT molecular complexity index is 778. The van der Waals surface area contributed by atoms with Gasteiger partial charge in [0.05, 0.1) is 18.5 Å². The normalized spacial score (nSPS) is 27.3. The number of piperidine rings is 2. The molecule has 3 aliphatic rings.